The number of methoxy groups -OCH3 is 1. The Morgan fingerprint density at radius 1 is 1.07 bits per heavy atom. The summed E-state index contributed by atoms with van der Waals surface area (Å²) in [4.78, 5) is 25.7. The van der Waals surface area contributed by atoms with Crippen LogP contribution in [0.4, 0.5) is 4.79 Å². The third-order valence-electron chi connectivity index (χ3n) is 4.03. The summed E-state index contributed by atoms with van der Waals surface area (Å²) in [5.74, 6) is 0.558. The number of carbonyl (C=O) groups excluding carboxylic acids is 2. The third kappa shape index (κ3) is 6.90. The largest absolute Gasteiger partial charge is 0.497 e. The zero-order valence-corrected chi connectivity index (χ0v) is 16.8. The summed E-state index contributed by atoms with van der Waals surface area (Å²) in [7, 11) is 3.62. The van der Waals surface area contributed by atoms with Crippen LogP contribution >= 0.6 is 0 Å². The van der Waals surface area contributed by atoms with Crippen molar-refractivity contribution in [3.63, 3.8) is 0 Å². The minimum atomic E-state index is -0.458. The Bertz CT molecular complexity index is 812. The molecule has 0 saturated carbocycles. The Balaban J connectivity index is 1.84. The van der Waals surface area contributed by atoms with Gasteiger partial charge in [0.05, 0.1) is 7.11 Å². The quantitative estimate of drug-likeness (QED) is 0.817. The number of amides is 3. The molecule has 0 saturated heterocycles. The molecule has 2 rings (SSSR count). The van der Waals surface area contributed by atoms with E-state index in [1.165, 1.54) is 5.56 Å². The number of benzene rings is 2. The fourth-order valence-electron chi connectivity index (χ4n) is 2.74. The highest BCUT2D eigenvalue weighted by Gasteiger charge is 2.15. The second-order valence-corrected chi connectivity index (χ2v) is 7.79. The molecule has 6 heteroatoms. The van der Waals surface area contributed by atoms with Crippen LogP contribution in [-0.4, -0.2) is 43.1 Å². The third-order valence-corrected chi connectivity index (χ3v) is 4.03. The van der Waals surface area contributed by atoms with Gasteiger partial charge >= 0.3 is 6.03 Å². The first kappa shape index (κ1) is 20.7. The molecule has 0 heterocycles. The van der Waals surface area contributed by atoms with Crippen molar-refractivity contribution in [1.29, 1.82) is 0 Å². The molecular formula is C21H29N3O3. The van der Waals surface area contributed by atoms with Crippen LogP contribution in [0.1, 0.15) is 32.8 Å². The summed E-state index contributed by atoms with van der Waals surface area (Å²) < 4.78 is 5.25. The molecule has 6 nitrogen and oxygen atoms in total. The van der Waals surface area contributed by atoms with Gasteiger partial charge in [0.1, 0.15) is 5.75 Å². The number of carbonyl (C=O) groups is 2. The zero-order chi connectivity index (χ0) is 20.0. The lowest BCUT2D eigenvalue weighted by Crippen LogP contribution is -2.48. The molecule has 0 unspecified atom stereocenters. The van der Waals surface area contributed by atoms with Crippen molar-refractivity contribution in [1.82, 2.24) is 15.5 Å². The number of hydrogen-bond acceptors (Lipinski definition) is 4. The van der Waals surface area contributed by atoms with Crippen molar-refractivity contribution in [3.05, 3.63) is 42.0 Å². The molecule has 146 valence electrons. The highest BCUT2D eigenvalue weighted by atomic mass is 16.5. The molecule has 0 aliphatic carbocycles. The van der Waals surface area contributed by atoms with Gasteiger partial charge in [-0.05, 0) is 62.4 Å². The molecule has 0 aliphatic heterocycles. The standard InChI is InChI=1S/C21H29N3O3/c1-21(2,3)23-20(26)22-19(25)10-11-24(4)14-15-6-7-17-13-18(27-5)9-8-16(17)12-15/h6-9,12-13H,10-11,14H2,1-5H3,(H2,22,23,25,26). The van der Waals surface area contributed by atoms with Gasteiger partial charge in [0.2, 0.25) is 5.91 Å². The fourth-order valence-corrected chi connectivity index (χ4v) is 2.74. The molecular weight excluding hydrogens is 342 g/mol. The van der Waals surface area contributed by atoms with Gasteiger partial charge in [-0.2, -0.15) is 0 Å². The average molecular weight is 371 g/mol. The zero-order valence-electron chi connectivity index (χ0n) is 16.8. The summed E-state index contributed by atoms with van der Waals surface area (Å²) in [6, 6.07) is 11.8. The van der Waals surface area contributed by atoms with Crippen molar-refractivity contribution >= 4 is 22.7 Å². The highest BCUT2D eigenvalue weighted by molar-refractivity contribution is 5.94. The predicted molar refractivity (Wildman–Crippen MR) is 108 cm³/mol. The lowest BCUT2D eigenvalue weighted by molar-refractivity contribution is -0.120. The Labute approximate surface area is 160 Å². The van der Waals surface area contributed by atoms with Gasteiger partial charge in [-0.3, -0.25) is 10.1 Å². The van der Waals surface area contributed by atoms with Crippen molar-refractivity contribution < 1.29 is 14.3 Å². The number of nitrogens with one attached hydrogen (secondary N) is 2. The first-order valence-electron chi connectivity index (χ1n) is 9.03. The Morgan fingerprint density at radius 3 is 2.41 bits per heavy atom. The van der Waals surface area contributed by atoms with E-state index >= 15 is 0 Å². The Morgan fingerprint density at radius 2 is 1.74 bits per heavy atom. The number of fused-ring (bicyclic) bond motifs is 1. The molecule has 0 atom stereocenters. The molecule has 0 radical (unpaired) electrons. The lowest BCUT2D eigenvalue weighted by atomic mass is 10.1. The van der Waals surface area contributed by atoms with Crippen LogP contribution in [0, 0.1) is 0 Å². The molecule has 0 fully saturated rings. The number of ether oxygens (including phenoxy) is 1. The van der Waals surface area contributed by atoms with E-state index < -0.39 is 6.03 Å². The minimum absolute atomic E-state index is 0.263. The second kappa shape index (κ2) is 8.86. The SMILES string of the molecule is COc1ccc2cc(CN(C)CCC(=O)NC(=O)NC(C)(C)C)ccc2c1. The van der Waals surface area contributed by atoms with Gasteiger partial charge in [-0.1, -0.05) is 18.2 Å². The smallest absolute Gasteiger partial charge is 0.321 e. The first-order chi connectivity index (χ1) is 12.7. The lowest BCUT2D eigenvalue weighted by Gasteiger charge is -2.21. The van der Waals surface area contributed by atoms with Crippen LogP contribution in [0.25, 0.3) is 10.8 Å². The van der Waals surface area contributed by atoms with Crippen LogP contribution in [-0.2, 0) is 11.3 Å². The van der Waals surface area contributed by atoms with Gasteiger partial charge in [0, 0.05) is 25.0 Å². The predicted octanol–water partition coefficient (Wildman–Crippen LogP) is 3.29. The van der Waals surface area contributed by atoms with Crippen molar-refractivity contribution in [2.24, 2.45) is 0 Å². The number of imide groups is 1. The van der Waals surface area contributed by atoms with Crippen LogP contribution < -0.4 is 15.4 Å². The van der Waals surface area contributed by atoms with Crippen molar-refractivity contribution in [3.8, 4) is 5.75 Å². The molecule has 2 aromatic rings. The van der Waals surface area contributed by atoms with E-state index in [0.717, 1.165) is 23.1 Å². The molecule has 2 aromatic carbocycles. The summed E-state index contributed by atoms with van der Waals surface area (Å²) in [6.45, 7) is 6.89. The Kier molecular flexibility index (Phi) is 6.80. The van der Waals surface area contributed by atoms with Gasteiger partial charge < -0.3 is 15.0 Å². The molecule has 2 N–H and O–H groups in total. The summed E-state index contributed by atoms with van der Waals surface area (Å²) in [5.41, 5.74) is 0.794. The number of hydrogen-bond donors (Lipinski definition) is 2. The Hall–Kier alpha value is -2.60. The van der Waals surface area contributed by atoms with Crippen molar-refractivity contribution in [2.75, 3.05) is 20.7 Å². The van der Waals surface area contributed by atoms with Crippen LogP contribution in [0.5, 0.6) is 5.75 Å². The molecule has 3 amide bonds. The average Bonchev–Trinajstić information content (AvgIpc) is 2.57. The van der Waals surface area contributed by atoms with Crippen molar-refractivity contribution in [2.45, 2.75) is 39.3 Å². The maximum absolute atomic E-state index is 11.9. The van der Waals surface area contributed by atoms with Gasteiger partial charge in [0.15, 0.2) is 0 Å². The van der Waals surface area contributed by atoms with E-state index in [0.29, 0.717) is 6.54 Å². The van der Waals surface area contributed by atoms with Crippen LogP contribution in [0.15, 0.2) is 36.4 Å². The molecule has 0 aromatic heterocycles. The van der Waals surface area contributed by atoms with E-state index in [4.69, 9.17) is 4.74 Å². The van der Waals surface area contributed by atoms with Gasteiger partial charge in [-0.15, -0.1) is 0 Å². The molecule has 0 bridgehead atoms. The highest BCUT2D eigenvalue weighted by Crippen LogP contribution is 2.22. The first-order valence-corrected chi connectivity index (χ1v) is 9.03. The van der Waals surface area contributed by atoms with Crippen LogP contribution in [0.2, 0.25) is 0 Å². The second-order valence-electron chi connectivity index (χ2n) is 7.79. The molecule has 27 heavy (non-hydrogen) atoms. The van der Waals surface area contributed by atoms with Crippen LogP contribution in [0.3, 0.4) is 0 Å². The molecule has 0 spiro atoms. The van der Waals surface area contributed by atoms with E-state index in [2.05, 4.69) is 33.7 Å². The number of urea groups is 1. The van der Waals surface area contributed by atoms with E-state index in [1.54, 1.807) is 7.11 Å². The summed E-state index contributed by atoms with van der Waals surface area (Å²) >= 11 is 0. The number of nitrogens with zero attached hydrogens (tertiary/aromatic N) is 1. The minimum Gasteiger partial charge on any atom is -0.497 e. The maximum Gasteiger partial charge on any atom is 0.321 e. The maximum atomic E-state index is 11.9. The van der Waals surface area contributed by atoms with Gasteiger partial charge in [-0.25, -0.2) is 4.79 Å². The fraction of sp³-hybridized carbons (Fsp3) is 0.429. The number of rotatable bonds is 6. The normalized spacial score (nSPS) is 11.5. The topological polar surface area (TPSA) is 70.7 Å². The van der Waals surface area contributed by atoms with E-state index in [1.807, 2.05) is 46.0 Å². The summed E-state index contributed by atoms with van der Waals surface area (Å²) in [5, 5.41) is 7.35. The summed E-state index contributed by atoms with van der Waals surface area (Å²) in [6.07, 6.45) is 0.263. The monoisotopic (exact) mass is 371 g/mol. The van der Waals surface area contributed by atoms with Gasteiger partial charge in [0.25, 0.3) is 0 Å². The van der Waals surface area contributed by atoms with E-state index in [-0.39, 0.29) is 17.9 Å². The van der Waals surface area contributed by atoms with E-state index in [9.17, 15) is 9.59 Å². The molecule has 0 aliphatic rings.